The van der Waals surface area contributed by atoms with Crippen LogP contribution in [0.25, 0.3) is 12.2 Å². The van der Waals surface area contributed by atoms with Crippen molar-refractivity contribution in [3.05, 3.63) is 83.4 Å². The molecule has 0 nitrogen and oxygen atoms in total. The van der Waals surface area contributed by atoms with Crippen LogP contribution in [0.5, 0.6) is 0 Å². The van der Waals surface area contributed by atoms with Crippen LogP contribution in [0.1, 0.15) is 28.2 Å². The zero-order valence-corrected chi connectivity index (χ0v) is 9.64. The molecular formula is C17H14. The van der Waals surface area contributed by atoms with Gasteiger partial charge >= 0.3 is 0 Å². The Labute approximate surface area is 102 Å². The molecule has 17 heavy (non-hydrogen) atoms. The summed E-state index contributed by atoms with van der Waals surface area (Å²) in [6, 6.07) is 17.1. The summed E-state index contributed by atoms with van der Waals surface area (Å²) in [6.45, 7) is 4.00. The predicted octanol–water partition coefficient (Wildman–Crippen LogP) is 4.49. The molecule has 0 saturated carbocycles. The van der Waals surface area contributed by atoms with Crippen LogP contribution in [0.3, 0.4) is 0 Å². The summed E-state index contributed by atoms with van der Waals surface area (Å²) in [6.07, 6.45) is 6.42. The summed E-state index contributed by atoms with van der Waals surface area (Å²) in [5.41, 5.74) is 5.25. The van der Waals surface area contributed by atoms with E-state index in [2.05, 4.69) is 67.3 Å². The van der Waals surface area contributed by atoms with Crippen LogP contribution >= 0.6 is 0 Å². The highest BCUT2D eigenvalue weighted by molar-refractivity contribution is 5.76. The number of rotatable bonds is 1. The van der Waals surface area contributed by atoms with Gasteiger partial charge in [-0.2, -0.15) is 0 Å². The van der Waals surface area contributed by atoms with Crippen molar-refractivity contribution in [2.45, 2.75) is 5.92 Å². The van der Waals surface area contributed by atoms with Gasteiger partial charge in [0.1, 0.15) is 0 Å². The second-order valence-electron chi connectivity index (χ2n) is 4.30. The van der Waals surface area contributed by atoms with Gasteiger partial charge in [-0.05, 0) is 22.3 Å². The zero-order chi connectivity index (χ0) is 11.7. The molecule has 0 aromatic heterocycles. The summed E-state index contributed by atoms with van der Waals surface area (Å²) in [5, 5.41) is 0. The molecule has 1 aliphatic rings. The first-order valence-electron chi connectivity index (χ1n) is 5.88. The molecule has 0 bridgehead atoms. The highest BCUT2D eigenvalue weighted by atomic mass is 14.2. The second kappa shape index (κ2) is 4.06. The molecule has 0 N–H and O–H groups in total. The van der Waals surface area contributed by atoms with E-state index in [0.29, 0.717) is 0 Å². The minimum atomic E-state index is 0.289. The Morgan fingerprint density at radius 1 is 0.765 bits per heavy atom. The largest absolute Gasteiger partial charge is 0.102 e. The molecule has 0 saturated heterocycles. The van der Waals surface area contributed by atoms with E-state index >= 15 is 0 Å². The first-order chi connectivity index (χ1) is 8.40. The Bertz CT molecular complexity index is 541. The third kappa shape index (κ3) is 1.62. The van der Waals surface area contributed by atoms with Crippen molar-refractivity contribution >= 4 is 12.2 Å². The molecule has 0 spiro atoms. The van der Waals surface area contributed by atoms with E-state index in [1.165, 1.54) is 22.3 Å². The number of hydrogen-bond donors (Lipinski definition) is 0. The van der Waals surface area contributed by atoms with Crippen molar-refractivity contribution in [1.29, 1.82) is 0 Å². The lowest BCUT2D eigenvalue weighted by Crippen LogP contribution is -1.99. The van der Waals surface area contributed by atoms with Gasteiger partial charge in [0.25, 0.3) is 0 Å². The Balaban J connectivity index is 2.29. The SMILES string of the molecule is C=CC1c2ccccc2C=Cc2ccccc21. The van der Waals surface area contributed by atoms with E-state index < -0.39 is 0 Å². The molecule has 0 fully saturated rings. The van der Waals surface area contributed by atoms with E-state index in [1.807, 2.05) is 6.08 Å². The summed E-state index contributed by atoms with van der Waals surface area (Å²) >= 11 is 0. The van der Waals surface area contributed by atoms with Gasteiger partial charge in [-0.3, -0.25) is 0 Å². The molecule has 0 unspecified atom stereocenters. The first kappa shape index (κ1) is 10.1. The lowest BCUT2D eigenvalue weighted by atomic mass is 9.88. The minimum Gasteiger partial charge on any atom is -0.102 e. The van der Waals surface area contributed by atoms with Gasteiger partial charge in [0.2, 0.25) is 0 Å². The van der Waals surface area contributed by atoms with Crippen LogP contribution < -0.4 is 0 Å². The fraction of sp³-hybridized carbons (Fsp3) is 0.0588. The molecule has 82 valence electrons. The van der Waals surface area contributed by atoms with Crippen LogP contribution in [0, 0.1) is 0 Å². The van der Waals surface area contributed by atoms with Gasteiger partial charge in [0, 0.05) is 5.92 Å². The lowest BCUT2D eigenvalue weighted by Gasteiger charge is -2.16. The Morgan fingerprint density at radius 2 is 1.24 bits per heavy atom. The summed E-state index contributed by atoms with van der Waals surface area (Å²) < 4.78 is 0. The summed E-state index contributed by atoms with van der Waals surface area (Å²) in [7, 11) is 0. The van der Waals surface area contributed by atoms with E-state index in [1.54, 1.807) is 0 Å². The third-order valence-electron chi connectivity index (χ3n) is 3.34. The monoisotopic (exact) mass is 218 g/mol. The van der Waals surface area contributed by atoms with E-state index in [0.717, 1.165) is 0 Å². The normalized spacial score (nSPS) is 13.6. The van der Waals surface area contributed by atoms with Crippen LogP contribution in [-0.2, 0) is 0 Å². The summed E-state index contributed by atoms with van der Waals surface area (Å²) in [5.74, 6) is 0.289. The average Bonchev–Trinajstić information content (AvgIpc) is 2.55. The average molecular weight is 218 g/mol. The number of fused-ring (bicyclic) bond motifs is 2. The highest BCUT2D eigenvalue weighted by Gasteiger charge is 2.17. The van der Waals surface area contributed by atoms with Crippen molar-refractivity contribution in [3.8, 4) is 0 Å². The molecule has 0 heterocycles. The van der Waals surface area contributed by atoms with Gasteiger partial charge < -0.3 is 0 Å². The van der Waals surface area contributed by atoms with Gasteiger partial charge in [0.05, 0.1) is 0 Å². The molecule has 0 heteroatoms. The maximum absolute atomic E-state index is 4.00. The van der Waals surface area contributed by atoms with Crippen LogP contribution in [0.15, 0.2) is 61.2 Å². The van der Waals surface area contributed by atoms with Crippen molar-refractivity contribution < 1.29 is 0 Å². The Kier molecular flexibility index (Phi) is 2.41. The van der Waals surface area contributed by atoms with Gasteiger partial charge in [-0.25, -0.2) is 0 Å². The molecular weight excluding hydrogens is 204 g/mol. The standard InChI is InChI=1S/C17H14/c1-2-15-16-9-5-3-7-13(16)11-12-14-8-4-6-10-17(14)15/h2-12,15H,1H2. The third-order valence-corrected chi connectivity index (χ3v) is 3.34. The van der Waals surface area contributed by atoms with E-state index in [4.69, 9.17) is 0 Å². The second-order valence-corrected chi connectivity index (χ2v) is 4.30. The van der Waals surface area contributed by atoms with Gasteiger partial charge in [0.15, 0.2) is 0 Å². The number of allylic oxidation sites excluding steroid dienone is 1. The molecule has 3 rings (SSSR count). The number of benzene rings is 2. The van der Waals surface area contributed by atoms with Crippen molar-refractivity contribution in [2.75, 3.05) is 0 Å². The smallest absolute Gasteiger partial charge is 0.0278 e. The minimum absolute atomic E-state index is 0.289. The maximum Gasteiger partial charge on any atom is 0.0278 e. The molecule has 0 atom stereocenters. The Morgan fingerprint density at radius 3 is 1.71 bits per heavy atom. The van der Waals surface area contributed by atoms with Gasteiger partial charge in [-0.1, -0.05) is 66.8 Å². The zero-order valence-electron chi connectivity index (χ0n) is 9.64. The van der Waals surface area contributed by atoms with Crippen LogP contribution in [-0.4, -0.2) is 0 Å². The van der Waals surface area contributed by atoms with Gasteiger partial charge in [-0.15, -0.1) is 6.58 Å². The first-order valence-corrected chi connectivity index (χ1v) is 5.88. The van der Waals surface area contributed by atoms with Crippen molar-refractivity contribution in [3.63, 3.8) is 0 Å². The number of hydrogen-bond acceptors (Lipinski definition) is 0. The predicted molar refractivity (Wildman–Crippen MR) is 73.9 cm³/mol. The highest BCUT2D eigenvalue weighted by Crippen LogP contribution is 2.34. The van der Waals surface area contributed by atoms with Crippen LogP contribution in [0.4, 0.5) is 0 Å². The van der Waals surface area contributed by atoms with E-state index in [9.17, 15) is 0 Å². The van der Waals surface area contributed by atoms with E-state index in [-0.39, 0.29) is 5.92 Å². The quantitative estimate of drug-likeness (QED) is 0.619. The molecule has 2 aromatic rings. The Hall–Kier alpha value is -2.08. The van der Waals surface area contributed by atoms with Crippen molar-refractivity contribution in [1.82, 2.24) is 0 Å². The summed E-state index contributed by atoms with van der Waals surface area (Å²) in [4.78, 5) is 0. The molecule has 0 amide bonds. The lowest BCUT2D eigenvalue weighted by molar-refractivity contribution is 1.02. The molecule has 0 radical (unpaired) electrons. The maximum atomic E-state index is 4.00. The fourth-order valence-electron chi connectivity index (χ4n) is 2.49. The molecule has 2 aromatic carbocycles. The van der Waals surface area contributed by atoms with Crippen molar-refractivity contribution in [2.24, 2.45) is 0 Å². The molecule has 1 aliphatic carbocycles. The fourth-order valence-corrected chi connectivity index (χ4v) is 2.49. The molecule has 0 aliphatic heterocycles. The topological polar surface area (TPSA) is 0 Å². The van der Waals surface area contributed by atoms with Crippen LogP contribution in [0.2, 0.25) is 0 Å².